The number of benzene rings is 3. The molecule has 0 spiro atoms. The summed E-state index contributed by atoms with van der Waals surface area (Å²) in [4.78, 5) is 8.55. The second-order valence-corrected chi connectivity index (χ2v) is 12.1. The Morgan fingerprint density at radius 1 is 0.750 bits per heavy atom. The molecule has 0 bridgehead atoms. The molecule has 0 atom stereocenters. The third-order valence-corrected chi connectivity index (χ3v) is 8.19. The van der Waals surface area contributed by atoms with E-state index in [-0.39, 0.29) is 21.2 Å². The SMILES string of the molecule is CC(C)c1ccc([I+]c2ccc(C(C)C)cc2)cc1.O=[N+]([O-])c1ccccc1S(=O)(=O)[O-]. The molecule has 0 saturated heterocycles. The van der Waals surface area contributed by atoms with E-state index < -0.39 is 25.6 Å². The van der Waals surface area contributed by atoms with E-state index in [0.717, 1.165) is 12.1 Å². The summed E-state index contributed by atoms with van der Waals surface area (Å²) < 4.78 is 34.5. The first-order valence-corrected chi connectivity index (χ1v) is 13.6. The van der Waals surface area contributed by atoms with Crippen LogP contribution in [0.15, 0.2) is 77.7 Å². The number of halogens is 1. The van der Waals surface area contributed by atoms with Gasteiger partial charge in [0.05, 0.1) is 4.92 Å². The normalized spacial score (nSPS) is 11.2. The Kier molecular flexibility index (Phi) is 9.35. The smallest absolute Gasteiger partial charge is 0.357 e. The summed E-state index contributed by atoms with van der Waals surface area (Å²) in [5.41, 5.74) is 2.17. The molecule has 0 aliphatic carbocycles. The first-order valence-electron chi connectivity index (χ1n) is 10.0. The third kappa shape index (κ3) is 7.68. The van der Waals surface area contributed by atoms with Gasteiger partial charge < -0.3 is 4.55 Å². The number of para-hydroxylation sites is 1. The average molecular weight is 567 g/mol. The average Bonchev–Trinajstić information content (AvgIpc) is 2.74. The summed E-state index contributed by atoms with van der Waals surface area (Å²) in [6, 6.07) is 22.7. The lowest BCUT2D eigenvalue weighted by atomic mass is 10.0. The first-order chi connectivity index (χ1) is 15.0. The molecule has 0 saturated carbocycles. The van der Waals surface area contributed by atoms with Crippen LogP contribution in [-0.4, -0.2) is 17.9 Å². The third-order valence-electron chi connectivity index (χ3n) is 4.62. The van der Waals surface area contributed by atoms with Crippen LogP contribution >= 0.6 is 0 Å². The van der Waals surface area contributed by atoms with Gasteiger partial charge in [0.2, 0.25) is 0 Å². The van der Waals surface area contributed by atoms with Gasteiger partial charge in [0, 0.05) is 6.07 Å². The highest BCUT2D eigenvalue weighted by Gasteiger charge is 2.17. The molecular weight excluding hydrogens is 541 g/mol. The zero-order chi connectivity index (χ0) is 23.9. The number of nitro benzene ring substituents is 1. The number of hydrogen-bond acceptors (Lipinski definition) is 5. The largest absolute Gasteiger partial charge is 0.744 e. The standard InChI is InChI=1S/C18H22I.C6H5NO5S/c1-13(2)15-5-9-17(10-6-15)19-18-11-7-16(8-12-18)14(3)4;8-7(9)5-3-1-2-4-6(5)13(10,11)12/h5-14H,1-4H3;1-4H,(H,10,11,12)/q+1;/p-1. The molecule has 0 aliphatic rings. The minimum atomic E-state index is -4.77. The Labute approximate surface area is 199 Å². The molecule has 0 unspecified atom stereocenters. The van der Waals surface area contributed by atoms with Crippen molar-refractivity contribution in [3.63, 3.8) is 0 Å². The second-order valence-electron chi connectivity index (χ2n) is 7.69. The number of nitro groups is 1. The highest BCUT2D eigenvalue weighted by Crippen LogP contribution is 2.22. The molecule has 0 radical (unpaired) electrons. The molecule has 170 valence electrons. The zero-order valence-electron chi connectivity index (χ0n) is 18.4. The molecule has 3 aromatic carbocycles. The monoisotopic (exact) mass is 567 g/mol. The predicted octanol–water partition coefficient (Wildman–Crippen LogP) is 2.56. The highest BCUT2D eigenvalue weighted by molar-refractivity contribution is 7.85. The van der Waals surface area contributed by atoms with E-state index in [1.807, 2.05) is 0 Å². The van der Waals surface area contributed by atoms with Gasteiger partial charge in [0.25, 0.3) is 5.69 Å². The minimum absolute atomic E-state index is 0.0366. The summed E-state index contributed by atoms with van der Waals surface area (Å²) in [6.45, 7) is 8.98. The fourth-order valence-electron chi connectivity index (χ4n) is 2.77. The maximum absolute atomic E-state index is 10.5. The van der Waals surface area contributed by atoms with Crippen molar-refractivity contribution in [2.75, 3.05) is 0 Å². The lowest BCUT2D eigenvalue weighted by molar-refractivity contribution is -0.597. The summed E-state index contributed by atoms with van der Waals surface area (Å²) in [7, 11) is -4.77. The van der Waals surface area contributed by atoms with E-state index >= 15 is 0 Å². The Hall–Kier alpha value is -2.30. The molecule has 32 heavy (non-hydrogen) atoms. The van der Waals surface area contributed by atoms with Crippen LogP contribution in [-0.2, 0) is 10.1 Å². The minimum Gasteiger partial charge on any atom is -0.744 e. The summed E-state index contributed by atoms with van der Waals surface area (Å²) >= 11 is -0.0366. The second kappa shape index (κ2) is 11.5. The molecule has 0 N–H and O–H groups in total. The fraction of sp³-hybridized carbons (Fsp3) is 0.250. The Bertz CT molecular complexity index is 1090. The van der Waals surface area contributed by atoms with Gasteiger partial charge in [0.1, 0.15) is 15.0 Å². The van der Waals surface area contributed by atoms with Crippen molar-refractivity contribution in [1.82, 2.24) is 0 Å². The van der Waals surface area contributed by atoms with E-state index in [4.69, 9.17) is 0 Å². The van der Waals surface area contributed by atoms with Crippen molar-refractivity contribution in [3.05, 3.63) is 101 Å². The number of hydrogen-bond donors (Lipinski definition) is 0. The molecule has 8 heteroatoms. The maximum atomic E-state index is 10.5. The molecular formula is C24H26INO5S. The summed E-state index contributed by atoms with van der Waals surface area (Å²) in [6.07, 6.45) is 0. The lowest BCUT2D eigenvalue weighted by Crippen LogP contribution is -3.61. The van der Waals surface area contributed by atoms with E-state index in [9.17, 15) is 23.1 Å². The van der Waals surface area contributed by atoms with Gasteiger partial charge in [-0.25, -0.2) is 8.42 Å². The molecule has 0 amide bonds. The zero-order valence-corrected chi connectivity index (χ0v) is 21.3. The van der Waals surface area contributed by atoms with Gasteiger partial charge in [-0.05, 0) is 53.3 Å². The maximum Gasteiger partial charge on any atom is 0.357 e. The van der Waals surface area contributed by atoms with Crippen LogP contribution in [0, 0.1) is 17.3 Å². The van der Waals surface area contributed by atoms with Crippen LogP contribution in [0.5, 0.6) is 0 Å². The van der Waals surface area contributed by atoms with Gasteiger partial charge in [-0.3, -0.25) is 10.1 Å². The van der Waals surface area contributed by atoms with Crippen molar-refractivity contribution in [1.29, 1.82) is 0 Å². The molecule has 0 fully saturated rings. The van der Waals surface area contributed by atoms with Gasteiger partial charge >= 0.3 is 21.2 Å². The Morgan fingerprint density at radius 3 is 1.47 bits per heavy atom. The summed E-state index contributed by atoms with van der Waals surface area (Å²) in [5.74, 6) is 1.25. The van der Waals surface area contributed by atoms with Gasteiger partial charge in [0.15, 0.2) is 7.14 Å². The first kappa shape index (κ1) is 26.0. The van der Waals surface area contributed by atoms with Crippen molar-refractivity contribution in [3.8, 4) is 0 Å². The van der Waals surface area contributed by atoms with Crippen molar-refractivity contribution in [2.45, 2.75) is 44.4 Å². The molecule has 3 aromatic rings. The predicted molar refractivity (Wildman–Crippen MR) is 120 cm³/mol. The molecule has 3 rings (SSSR count). The topological polar surface area (TPSA) is 100 Å². The summed E-state index contributed by atoms with van der Waals surface area (Å²) in [5, 5.41) is 10.3. The van der Waals surface area contributed by atoms with E-state index in [1.165, 1.54) is 30.4 Å². The number of nitrogens with zero attached hydrogens (tertiary/aromatic N) is 1. The molecule has 0 aliphatic heterocycles. The van der Waals surface area contributed by atoms with Crippen LogP contribution in [0.2, 0.25) is 0 Å². The van der Waals surface area contributed by atoms with E-state index in [1.54, 1.807) is 0 Å². The van der Waals surface area contributed by atoms with Crippen LogP contribution in [0.25, 0.3) is 0 Å². The number of rotatable bonds is 6. The highest BCUT2D eigenvalue weighted by atomic mass is 127. The molecule has 0 aromatic heterocycles. The quantitative estimate of drug-likeness (QED) is 0.197. The van der Waals surface area contributed by atoms with E-state index in [0.29, 0.717) is 11.8 Å². The molecule has 0 heterocycles. The van der Waals surface area contributed by atoms with Crippen LogP contribution in [0.1, 0.15) is 50.7 Å². The van der Waals surface area contributed by atoms with E-state index in [2.05, 4.69) is 76.2 Å². The Balaban J connectivity index is 0.000000244. The van der Waals surface area contributed by atoms with Crippen molar-refractivity contribution >= 4 is 15.8 Å². The van der Waals surface area contributed by atoms with Crippen LogP contribution < -0.4 is 21.2 Å². The fourth-order valence-corrected chi connectivity index (χ4v) is 5.57. The van der Waals surface area contributed by atoms with Crippen molar-refractivity contribution < 1.29 is 39.1 Å². The van der Waals surface area contributed by atoms with Gasteiger partial charge in [-0.1, -0.05) is 64.1 Å². The van der Waals surface area contributed by atoms with Gasteiger partial charge in [-0.2, -0.15) is 0 Å². The molecule has 6 nitrogen and oxygen atoms in total. The van der Waals surface area contributed by atoms with Crippen molar-refractivity contribution in [2.24, 2.45) is 0 Å². The lowest BCUT2D eigenvalue weighted by Gasteiger charge is -2.06. The van der Waals surface area contributed by atoms with Crippen LogP contribution in [0.3, 0.4) is 0 Å². The van der Waals surface area contributed by atoms with Gasteiger partial charge in [-0.15, -0.1) is 0 Å². The Morgan fingerprint density at radius 2 is 1.16 bits per heavy atom. The van der Waals surface area contributed by atoms with Crippen LogP contribution in [0.4, 0.5) is 5.69 Å².